The molecule has 2 aromatic rings. The van der Waals surface area contributed by atoms with Crippen LogP contribution in [0.2, 0.25) is 0 Å². The molecule has 0 radical (unpaired) electrons. The molecule has 0 spiro atoms. The van der Waals surface area contributed by atoms with E-state index in [4.69, 9.17) is 24.5 Å². The highest BCUT2D eigenvalue weighted by molar-refractivity contribution is 7.17. The number of aliphatic carboxylic acids is 2. The Morgan fingerprint density at radius 2 is 1.68 bits per heavy atom. The molecule has 11 heteroatoms. The number of carbonyl (C=O) groups is 4. The number of nitrogens with zero attached hydrogens (tertiary/aromatic N) is 1. The monoisotopic (exact) mass is 533 g/mol. The number of benzene rings is 1. The number of thiophene rings is 1. The molecule has 0 saturated carbocycles. The summed E-state index contributed by atoms with van der Waals surface area (Å²) >= 11 is 1.47. The van der Waals surface area contributed by atoms with E-state index in [0.717, 1.165) is 16.0 Å². The van der Waals surface area contributed by atoms with Gasteiger partial charge in [0.15, 0.2) is 0 Å². The van der Waals surface area contributed by atoms with Crippen molar-refractivity contribution in [1.82, 2.24) is 10.2 Å². The number of fused-ring (bicyclic) bond motifs is 1. The Labute approximate surface area is 220 Å². The van der Waals surface area contributed by atoms with Crippen molar-refractivity contribution in [3.05, 3.63) is 51.9 Å². The normalized spacial score (nSPS) is 15.1. The molecule has 0 unspecified atom stereocenters. The lowest BCUT2D eigenvalue weighted by atomic mass is 9.81. The van der Waals surface area contributed by atoms with E-state index in [2.05, 4.69) is 38.3 Å². The van der Waals surface area contributed by atoms with Gasteiger partial charge in [-0.3, -0.25) is 9.69 Å². The zero-order valence-electron chi connectivity index (χ0n) is 22.0. The largest absolute Gasteiger partial charge is 0.473 e. The second-order valence-corrected chi connectivity index (χ2v) is 11.0. The lowest BCUT2D eigenvalue weighted by Crippen LogP contribution is -2.55. The Morgan fingerprint density at radius 3 is 2.22 bits per heavy atom. The number of carboxylic acids is 2. The summed E-state index contributed by atoms with van der Waals surface area (Å²) in [5.74, 6) is -4.17. The maximum Gasteiger partial charge on any atom is 0.414 e. The summed E-state index contributed by atoms with van der Waals surface area (Å²) in [5.41, 5.74) is 2.15. The first kappa shape index (κ1) is 29.9. The van der Waals surface area contributed by atoms with Crippen molar-refractivity contribution in [2.24, 2.45) is 0 Å². The van der Waals surface area contributed by atoms with Crippen LogP contribution in [0, 0.1) is 0 Å². The highest BCUT2D eigenvalue weighted by atomic mass is 32.1. The van der Waals surface area contributed by atoms with Crippen molar-refractivity contribution in [1.29, 1.82) is 0 Å². The van der Waals surface area contributed by atoms with Gasteiger partial charge in [-0.2, -0.15) is 0 Å². The number of esters is 1. The van der Waals surface area contributed by atoms with Crippen LogP contribution in [0.15, 0.2) is 30.3 Å². The Bertz CT molecular complexity index is 1130. The van der Waals surface area contributed by atoms with Gasteiger partial charge >= 0.3 is 17.9 Å². The van der Waals surface area contributed by atoms with Crippen LogP contribution in [-0.2, 0) is 37.6 Å². The van der Waals surface area contributed by atoms with Crippen LogP contribution >= 0.6 is 11.3 Å². The van der Waals surface area contributed by atoms with Crippen molar-refractivity contribution in [2.45, 2.75) is 58.7 Å². The minimum Gasteiger partial charge on any atom is -0.473 e. The van der Waals surface area contributed by atoms with Gasteiger partial charge in [0.2, 0.25) is 5.91 Å². The standard InChI is InChI=1S/C24H33N3O3S.C2H2O4/c1-7-30-22(29)19-17-13-23(2,3)26-24(4,5)20(17)31-21(19)25-18(28)15-27(6)14-16-11-9-8-10-12-16;3-1(4)2(5)6/h8-12,26H,7,13-15H2,1-6H3,(H,25,28);(H,3,4)(H,5,6). The summed E-state index contributed by atoms with van der Waals surface area (Å²) in [4.78, 5) is 46.9. The van der Waals surface area contributed by atoms with Crippen LogP contribution in [0.3, 0.4) is 0 Å². The van der Waals surface area contributed by atoms with Crippen molar-refractivity contribution in [2.75, 3.05) is 25.5 Å². The molecule has 1 amide bonds. The number of rotatable bonds is 7. The molecule has 10 nitrogen and oxygen atoms in total. The first-order valence-corrected chi connectivity index (χ1v) is 12.6. The van der Waals surface area contributed by atoms with E-state index in [0.29, 0.717) is 30.1 Å². The molecule has 1 aromatic carbocycles. The number of hydrogen-bond donors (Lipinski definition) is 4. The summed E-state index contributed by atoms with van der Waals surface area (Å²) < 4.78 is 5.36. The summed E-state index contributed by atoms with van der Waals surface area (Å²) in [6.07, 6.45) is 0.695. The smallest absolute Gasteiger partial charge is 0.414 e. The van der Waals surface area contributed by atoms with Crippen molar-refractivity contribution >= 4 is 40.2 Å². The van der Waals surface area contributed by atoms with Gasteiger partial charge < -0.3 is 25.6 Å². The van der Waals surface area contributed by atoms with Gasteiger partial charge in [0.1, 0.15) is 5.00 Å². The van der Waals surface area contributed by atoms with Gasteiger partial charge in [0.25, 0.3) is 0 Å². The minimum atomic E-state index is -1.82. The number of nitrogens with one attached hydrogen (secondary N) is 2. The molecule has 1 aromatic heterocycles. The fourth-order valence-electron chi connectivity index (χ4n) is 4.40. The van der Waals surface area contributed by atoms with Gasteiger partial charge in [-0.05, 0) is 59.2 Å². The lowest BCUT2D eigenvalue weighted by molar-refractivity contribution is -0.159. The van der Waals surface area contributed by atoms with E-state index in [9.17, 15) is 9.59 Å². The Balaban J connectivity index is 0.000000717. The molecule has 0 atom stereocenters. The molecule has 1 aliphatic heterocycles. The Hall–Kier alpha value is -3.28. The number of ether oxygens (including phenoxy) is 1. The zero-order valence-corrected chi connectivity index (χ0v) is 22.8. The van der Waals surface area contributed by atoms with Gasteiger partial charge in [0, 0.05) is 22.5 Å². The molecule has 4 N–H and O–H groups in total. The second-order valence-electron chi connectivity index (χ2n) is 9.96. The predicted octanol–water partition coefficient (Wildman–Crippen LogP) is 3.31. The molecule has 3 rings (SSSR count). The maximum absolute atomic E-state index is 12.9. The van der Waals surface area contributed by atoms with Crippen LogP contribution in [0.5, 0.6) is 0 Å². The van der Waals surface area contributed by atoms with Crippen molar-refractivity contribution in [3.63, 3.8) is 0 Å². The number of carboxylic acid groups (broad SMARTS) is 2. The Kier molecular flexibility index (Phi) is 9.96. The van der Waals surface area contributed by atoms with Crippen LogP contribution in [0.4, 0.5) is 5.00 Å². The molecule has 1 aliphatic rings. The average molecular weight is 534 g/mol. The lowest BCUT2D eigenvalue weighted by Gasteiger charge is -2.42. The third-order valence-corrected chi connectivity index (χ3v) is 6.94. The third-order valence-electron chi connectivity index (χ3n) is 5.47. The summed E-state index contributed by atoms with van der Waals surface area (Å²) in [6, 6.07) is 10.0. The molecule has 0 aliphatic carbocycles. The molecule has 2 heterocycles. The molecular weight excluding hydrogens is 498 g/mol. The maximum atomic E-state index is 12.9. The number of hydrogen-bond acceptors (Lipinski definition) is 8. The quantitative estimate of drug-likeness (QED) is 0.311. The van der Waals surface area contributed by atoms with Crippen LogP contribution in [-0.4, -0.2) is 64.7 Å². The van der Waals surface area contributed by atoms with Gasteiger partial charge in [-0.25, -0.2) is 14.4 Å². The van der Waals surface area contributed by atoms with E-state index < -0.39 is 11.9 Å². The molecule has 202 valence electrons. The number of amides is 1. The fraction of sp³-hybridized carbons (Fsp3) is 0.462. The zero-order chi connectivity index (χ0) is 28.0. The highest BCUT2D eigenvalue weighted by Gasteiger charge is 2.42. The number of anilines is 1. The topological polar surface area (TPSA) is 145 Å². The number of carbonyl (C=O) groups excluding carboxylic acids is 2. The van der Waals surface area contributed by atoms with Crippen LogP contribution in [0.25, 0.3) is 0 Å². The summed E-state index contributed by atoms with van der Waals surface area (Å²) in [7, 11) is 1.91. The van der Waals surface area contributed by atoms with E-state index in [1.165, 1.54) is 11.3 Å². The Morgan fingerprint density at radius 1 is 1.08 bits per heavy atom. The summed E-state index contributed by atoms with van der Waals surface area (Å²) in [5, 5.41) is 22.0. The first-order chi connectivity index (χ1) is 17.2. The van der Waals surface area contributed by atoms with E-state index in [1.807, 2.05) is 42.3 Å². The molecule has 0 saturated heterocycles. The SMILES string of the molecule is CCOC(=O)c1c(NC(=O)CN(C)Cc2ccccc2)sc2c1CC(C)(C)NC2(C)C.O=C(O)C(=O)O. The van der Waals surface area contributed by atoms with Gasteiger partial charge in [-0.15, -0.1) is 11.3 Å². The molecule has 37 heavy (non-hydrogen) atoms. The second kappa shape index (κ2) is 12.3. The van der Waals surface area contributed by atoms with E-state index in [-0.39, 0.29) is 29.5 Å². The third kappa shape index (κ3) is 8.38. The predicted molar refractivity (Wildman–Crippen MR) is 141 cm³/mol. The highest BCUT2D eigenvalue weighted by Crippen LogP contribution is 2.45. The number of likely N-dealkylation sites (N-methyl/N-ethyl adjacent to an activating group) is 1. The van der Waals surface area contributed by atoms with Gasteiger partial charge in [-0.1, -0.05) is 30.3 Å². The van der Waals surface area contributed by atoms with Crippen molar-refractivity contribution in [3.8, 4) is 0 Å². The molecule has 0 fully saturated rings. The first-order valence-electron chi connectivity index (χ1n) is 11.8. The summed E-state index contributed by atoms with van der Waals surface area (Å²) in [6.45, 7) is 11.5. The van der Waals surface area contributed by atoms with Crippen LogP contribution < -0.4 is 10.6 Å². The molecule has 0 bridgehead atoms. The van der Waals surface area contributed by atoms with Gasteiger partial charge in [0.05, 0.1) is 18.7 Å². The van der Waals surface area contributed by atoms with E-state index >= 15 is 0 Å². The minimum absolute atomic E-state index is 0.146. The van der Waals surface area contributed by atoms with Crippen LogP contribution in [0.1, 0.15) is 61.0 Å². The fourth-order valence-corrected chi connectivity index (χ4v) is 5.68. The molecular formula is C26H35N3O7S. The van der Waals surface area contributed by atoms with Crippen molar-refractivity contribution < 1.29 is 34.1 Å². The average Bonchev–Trinajstić information content (AvgIpc) is 3.11. The van der Waals surface area contributed by atoms with E-state index in [1.54, 1.807) is 6.92 Å².